The van der Waals surface area contributed by atoms with Crippen molar-refractivity contribution in [2.24, 2.45) is 11.8 Å². The maximum absolute atomic E-state index is 13.1. The Morgan fingerprint density at radius 1 is 1.06 bits per heavy atom. The molecule has 1 amide bonds. The SMILES string of the molecule is CC.CCCC(CCC)CC(=O)N1CCC([C@H]2c3ncc(Br)cc3CCc3cc(Cl)cc(Br)c32)CC1. The lowest BCUT2D eigenvalue weighted by Gasteiger charge is -2.37. The predicted molar refractivity (Wildman–Crippen MR) is 159 cm³/mol. The fraction of sp³-hybridized carbons (Fsp3) is 0.600. The number of amides is 1. The molecule has 1 aromatic heterocycles. The van der Waals surface area contributed by atoms with Crippen LogP contribution in [0.2, 0.25) is 5.02 Å². The van der Waals surface area contributed by atoms with Crippen LogP contribution in [-0.2, 0) is 17.6 Å². The molecule has 0 bridgehead atoms. The van der Waals surface area contributed by atoms with Crippen LogP contribution < -0.4 is 0 Å². The molecule has 1 aliphatic carbocycles. The third-order valence-electron chi connectivity index (χ3n) is 7.64. The highest BCUT2D eigenvalue weighted by atomic mass is 79.9. The van der Waals surface area contributed by atoms with Crippen LogP contribution in [0.4, 0.5) is 0 Å². The van der Waals surface area contributed by atoms with Crippen LogP contribution in [0.3, 0.4) is 0 Å². The van der Waals surface area contributed by atoms with E-state index in [1.54, 1.807) is 0 Å². The van der Waals surface area contributed by atoms with Crippen LogP contribution >= 0.6 is 43.5 Å². The van der Waals surface area contributed by atoms with Crippen molar-refractivity contribution in [1.29, 1.82) is 0 Å². The molecule has 1 aliphatic heterocycles. The minimum absolute atomic E-state index is 0.220. The van der Waals surface area contributed by atoms with Crippen molar-refractivity contribution >= 4 is 49.4 Å². The van der Waals surface area contributed by atoms with Gasteiger partial charge in [-0.05, 0) is 88.3 Å². The highest BCUT2D eigenvalue weighted by molar-refractivity contribution is 9.10. The molecular formula is C30H41Br2ClN2O. The lowest BCUT2D eigenvalue weighted by atomic mass is 9.76. The van der Waals surface area contributed by atoms with Crippen molar-refractivity contribution in [2.45, 2.75) is 91.4 Å². The molecule has 2 aliphatic rings. The van der Waals surface area contributed by atoms with Gasteiger partial charge >= 0.3 is 0 Å². The smallest absolute Gasteiger partial charge is 0.222 e. The van der Waals surface area contributed by atoms with E-state index < -0.39 is 0 Å². The van der Waals surface area contributed by atoms with E-state index in [4.69, 9.17) is 16.6 Å². The van der Waals surface area contributed by atoms with E-state index in [1.807, 2.05) is 26.1 Å². The summed E-state index contributed by atoms with van der Waals surface area (Å²) in [6.07, 6.45) is 11.2. The summed E-state index contributed by atoms with van der Waals surface area (Å²) in [5, 5.41) is 0.776. The number of aryl methyl sites for hydroxylation is 2. The largest absolute Gasteiger partial charge is 0.343 e. The molecule has 0 saturated carbocycles. The molecule has 0 spiro atoms. The maximum atomic E-state index is 13.1. The van der Waals surface area contributed by atoms with Gasteiger partial charge in [-0.25, -0.2) is 0 Å². The van der Waals surface area contributed by atoms with Crippen molar-refractivity contribution in [3.05, 3.63) is 60.7 Å². The number of aromatic nitrogens is 1. The van der Waals surface area contributed by atoms with Crippen LogP contribution in [0.15, 0.2) is 33.3 Å². The van der Waals surface area contributed by atoms with Crippen LogP contribution in [0, 0.1) is 11.8 Å². The lowest BCUT2D eigenvalue weighted by molar-refractivity contribution is -0.133. The number of hydrogen-bond donors (Lipinski definition) is 0. The number of rotatable bonds is 7. The molecule has 4 rings (SSSR count). The van der Waals surface area contributed by atoms with Crippen molar-refractivity contribution in [3.63, 3.8) is 0 Å². The summed E-state index contributed by atoms with van der Waals surface area (Å²) in [6, 6.07) is 6.39. The third kappa shape index (κ3) is 7.14. The van der Waals surface area contributed by atoms with Gasteiger partial charge in [-0.3, -0.25) is 9.78 Å². The molecular weight excluding hydrogens is 600 g/mol. The monoisotopic (exact) mass is 638 g/mol. The van der Waals surface area contributed by atoms with E-state index in [0.29, 0.717) is 24.2 Å². The fourth-order valence-corrected chi connectivity index (χ4v) is 7.55. The van der Waals surface area contributed by atoms with E-state index >= 15 is 0 Å². The molecule has 36 heavy (non-hydrogen) atoms. The normalized spacial score (nSPS) is 17.7. The van der Waals surface area contributed by atoms with E-state index in [9.17, 15) is 4.79 Å². The minimum Gasteiger partial charge on any atom is -0.343 e. The molecule has 198 valence electrons. The van der Waals surface area contributed by atoms with Crippen molar-refractivity contribution in [3.8, 4) is 0 Å². The Balaban J connectivity index is 0.00000176. The second-order valence-corrected chi connectivity index (χ2v) is 12.2. The van der Waals surface area contributed by atoms with Gasteiger partial charge < -0.3 is 4.90 Å². The Bertz CT molecular complexity index is 1010. The number of nitrogens with zero attached hydrogens (tertiary/aromatic N) is 2. The van der Waals surface area contributed by atoms with Gasteiger partial charge in [0.15, 0.2) is 0 Å². The number of fused-ring (bicyclic) bond motifs is 2. The number of benzene rings is 1. The number of piperidine rings is 1. The van der Waals surface area contributed by atoms with E-state index in [2.05, 4.69) is 62.7 Å². The highest BCUT2D eigenvalue weighted by Gasteiger charge is 2.36. The minimum atomic E-state index is 0.220. The Morgan fingerprint density at radius 3 is 2.33 bits per heavy atom. The zero-order chi connectivity index (χ0) is 26.2. The molecule has 0 N–H and O–H groups in total. The molecule has 1 saturated heterocycles. The first-order valence-corrected chi connectivity index (χ1v) is 15.8. The van der Waals surface area contributed by atoms with Crippen LogP contribution in [0.5, 0.6) is 0 Å². The molecule has 3 nitrogen and oxygen atoms in total. The molecule has 1 aromatic carbocycles. The summed E-state index contributed by atoms with van der Waals surface area (Å²) in [7, 11) is 0. The Hall–Kier alpha value is -0.910. The first-order chi connectivity index (χ1) is 17.4. The Labute approximate surface area is 240 Å². The number of carbonyl (C=O) groups is 1. The van der Waals surface area contributed by atoms with Crippen molar-refractivity contribution in [2.75, 3.05) is 13.1 Å². The second kappa shape index (κ2) is 14.3. The molecule has 1 fully saturated rings. The van der Waals surface area contributed by atoms with Gasteiger partial charge in [-0.2, -0.15) is 0 Å². The summed E-state index contributed by atoms with van der Waals surface area (Å²) in [4.78, 5) is 20.2. The third-order valence-corrected chi connectivity index (χ3v) is 8.95. The molecule has 2 aromatic rings. The van der Waals surface area contributed by atoms with Crippen LogP contribution in [0.1, 0.15) is 101 Å². The van der Waals surface area contributed by atoms with Crippen molar-refractivity contribution < 1.29 is 4.79 Å². The van der Waals surface area contributed by atoms with Gasteiger partial charge in [-0.15, -0.1) is 0 Å². The predicted octanol–water partition coefficient (Wildman–Crippen LogP) is 9.36. The molecule has 1 atom stereocenters. The molecule has 0 radical (unpaired) electrons. The zero-order valence-electron chi connectivity index (χ0n) is 22.3. The van der Waals surface area contributed by atoms with E-state index in [-0.39, 0.29) is 5.92 Å². The first-order valence-electron chi connectivity index (χ1n) is 13.8. The lowest BCUT2D eigenvalue weighted by Crippen LogP contribution is -2.40. The standard InChI is InChI=1S/C28H35Br2ClN2O.C2H6/c1-3-5-18(6-4-2)13-25(34)33-11-9-19(10-12-33)27-26-20(15-23(31)16-24(26)30)7-8-21-14-22(29)17-32-28(21)27;1-2/h14-19,27H,3-13H2,1-2H3;1-2H3/t27-;/m1./s1. The number of likely N-dealkylation sites (tertiary alicyclic amines) is 1. The quantitative estimate of drug-likeness (QED) is 0.302. The van der Waals surface area contributed by atoms with Gasteiger partial charge in [0.1, 0.15) is 0 Å². The molecule has 6 heteroatoms. The Kier molecular flexibility index (Phi) is 11.8. The van der Waals surface area contributed by atoms with Crippen LogP contribution in [0.25, 0.3) is 0 Å². The summed E-state index contributed by atoms with van der Waals surface area (Å²) in [6.45, 7) is 10.1. The first kappa shape index (κ1) is 29.6. The van der Waals surface area contributed by atoms with Gasteiger partial charge in [0.2, 0.25) is 5.91 Å². The van der Waals surface area contributed by atoms with Gasteiger partial charge in [0, 0.05) is 45.6 Å². The van der Waals surface area contributed by atoms with Crippen molar-refractivity contribution in [1.82, 2.24) is 9.88 Å². The molecule has 0 unspecified atom stereocenters. The number of pyridine rings is 1. The Morgan fingerprint density at radius 2 is 1.69 bits per heavy atom. The van der Waals surface area contributed by atoms with E-state index in [0.717, 1.165) is 78.4 Å². The zero-order valence-corrected chi connectivity index (χ0v) is 26.2. The average Bonchev–Trinajstić information content (AvgIpc) is 3.02. The summed E-state index contributed by atoms with van der Waals surface area (Å²) < 4.78 is 2.11. The number of hydrogen-bond acceptors (Lipinski definition) is 2. The summed E-state index contributed by atoms with van der Waals surface area (Å²) in [5.74, 6) is 1.55. The maximum Gasteiger partial charge on any atom is 0.222 e. The van der Waals surface area contributed by atoms with Gasteiger partial charge in [-0.1, -0.05) is 80.9 Å². The fourth-order valence-electron chi connectivity index (χ4n) is 6.05. The van der Waals surface area contributed by atoms with Crippen LogP contribution in [-0.4, -0.2) is 28.9 Å². The van der Waals surface area contributed by atoms with E-state index in [1.165, 1.54) is 22.4 Å². The number of halogens is 3. The topological polar surface area (TPSA) is 33.2 Å². The average molecular weight is 641 g/mol. The summed E-state index contributed by atoms with van der Waals surface area (Å²) in [5.41, 5.74) is 5.17. The number of carbonyl (C=O) groups excluding carboxylic acids is 1. The highest BCUT2D eigenvalue weighted by Crippen LogP contribution is 2.46. The van der Waals surface area contributed by atoms with Gasteiger partial charge in [0.25, 0.3) is 0 Å². The van der Waals surface area contributed by atoms with Gasteiger partial charge in [0.05, 0.1) is 5.69 Å². The second-order valence-electron chi connectivity index (χ2n) is 10.0. The molecule has 2 heterocycles. The summed E-state index contributed by atoms with van der Waals surface area (Å²) >= 11 is 13.9.